The van der Waals surface area contributed by atoms with Crippen molar-refractivity contribution < 1.29 is 4.79 Å². The smallest absolute Gasteiger partial charge is 0.253 e. The van der Waals surface area contributed by atoms with E-state index in [0.717, 1.165) is 22.2 Å². The SMILES string of the molecule is Cn1ncc2ncc(C(=O)NCc3cccc(-c4nn[nH]n4)c3)cc21. The highest BCUT2D eigenvalue weighted by molar-refractivity contribution is 5.96. The summed E-state index contributed by atoms with van der Waals surface area (Å²) in [5.74, 6) is 0.319. The number of carbonyl (C=O) groups excluding carboxylic acids is 1. The maximum Gasteiger partial charge on any atom is 0.253 e. The van der Waals surface area contributed by atoms with Gasteiger partial charge in [-0.3, -0.25) is 14.5 Å². The van der Waals surface area contributed by atoms with Crippen LogP contribution >= 0.6 is 0 Å². The Labute approximate surface area is 142 Å². The predicted octanol–water partition coefficient (Wildman–Crippen LogP) is 1.08. The number of aromatic nitrogens is 7. The van der Waals surface area contributed by atoms with E-state index in [0.29, 0.717) is 17.9 Å². The molecule has 0 bridgehead atoms. The van der Waals surface area contributed by atoms with Gasteiger partial charge in [0, 0.05) is 25.4 Å². The second-order valence-electron chi connectivity index (χ2n) is 5.52. The molecule has 3 aromatic heterocycles. The molecule has 4 aromatic rings. The van der Waals surface area contributed by atoms with E-state index in [1.54, 1.807) is 23.1 Å². The predicted molar refractivity (Wildman–Crippen MR) is 89.3 cm³/mol. The summed E-state index contributed by atoms with van der Waals surface area (Å²) in [5, 5.41) is 20.9. The van der Waals surface area contributed by atoms with E-state index in [4.69, 9.17) is 0 Å². The average molecular weight is 334 g/mol. The van der Waals surface area contributed by atoms with Crippen molar-refractivity contribution >= 4 is 16.9 Å². The van der Waals surface area contributed by atoms with E-state index in [2.05, 4.69) is 36.0 Å². The molecule has 0 radical (unpaired) electrons. The normalized spacial score (nSPS) is 10.9. The fraction of sp³-hybridized carbons (Fsp3) is 0.125. The number of H-pyrrole nitrogens is 1. The molecule has 0 aliphatic heterocycles. The van der Waals surface area contributed by atoms with E-state index >= 15 is 0 Å². The van der Waals surface area contributed by atoms with Crippen molar-refractivity contribution in [3.05, 3.63) is 53.9 Å². The molecule has 9 nitrogen and oxygen atoms in total. The maximum absolute atomic E-state index is 12.4. The van der Waals surface area contributed by atoms with Gasteiger partial charge in [0.05, 0.1) is 17.3 Å². The number of aromatic amines is 1. The van der Waals surface area contributed by atoms with Gasteiger partial charge >= 0.3 is 0 Å². The third kappa shape index (κ3) is 2.94. The van der Waals surface area contributed by atoms with E-state index in [9.17, 15) is 4.79 Å². The summed E-state index contributed by atoms with van der Waals surface area (Å²) in [5.41, 5.74) is 3.83. The quantitative estimate of drug-likeness (QED) is 0.577. The van der Waals surface area contributed by atoms with Gasteiger partial charge in [-0.05, 0) is 22.9 Å². The Hall–Kier alpha value is -3.62. The summed E-state index contributed by atoms with van der Waals surface area (Å²) in [6.45, 7) is 0.383. The Bertz CT molecular complexity index is 1040. The standard InChI is InChI=1S/C16H14N8O/c1-24-14-6-12(8-17-13(14)9-19-24)16(25)18-7-10-3-2-4-11(5-10)15-20-22-23-21-15/h2-6,8-9H,7H2,1H3,(H,18,25)(H,20,21,22,23). The van der Waals surface area contributed by atoms with Gasteiger partial charge in [0.1, 0.15) is 5.52 Å². The van der Waals surface area contributed by atoms with Gasteiger partial charge in [0.15, 0.2) is 0 Å². The van der Waals surface area contributed by atoms with Crippen molar-refractivity contribution in [1.29, 1.82) is 0 Å². The lowest BCUT2D eigenvalue weighted by molar-refractivity contribution is 0.0950. The minimum absolute atomic E-state index is 0.194. The number of fused-ring (bicyclic) bond motifs is 1. The maximum atomic E-state index is 12.4. The number of tetrazole rings is 1. The first-order chi connectivity index (χ1) is 12.2. The molecular formula is C16H14N8O. The van der Waals surface area contributed by atoms with Crippen LogP contribution in [0, 0.1) is 0 Å². The Morgan fingerprint density at radius 3 is 3.04 bits per heavy atom. The lowest BCUT2D eigenvalue weighted by atomic mass is 10.1. The average Bonchev–Trinajstić information content (AvgIpc) is 3.30. The van der Waals surface area contributed by atoms with Crippen molar-refractivity contribution in [2.45, 2.75) is 6.54 Å². The lowest BCUT2D eigenvalue weighted by Crippen LogP contribution is -2.23. The number of benzene rings is 1. The number of pyridine rings is 1. The Morgan fingerprint density at radius 1 is 1.28 bits per heavy atom. The van der Waals surface area contributed by atoms with Crippen molar-refractivity contribution in [3.8, 4) is 11.4 Å². The van der Waals surface area contributed by atoms with Crippen LogP contribution < -0.4 is 5.32 Å². The summed E-state index contributed by atoms with van der Waals surface area (Å²) < 4.78 is 1.69. The van der Waals surface area contributed by atoms with Crippen LogP contribution in [0.15, 0.2) is 42.7 Å². The molecule has 0 fully saturated rings. The highest BCUT2D eigenvalue weighted by Crippen LogP contribution is 2.15. The fourth-order valence-corrected chi connectivity index (χ4v) is 2.54. The number of rotatable bonds is 4. The Kier molecular flexibility index (Phi) is 3.65. The third-order valence-corrected chi connectivity index (χ3v) is 3.85. The van der Waals surface area contributed by atoms with Gasteiger partial charge in [-0.1, -0.05) is 18.2 Å². The first-order valence-electron chi connectivity index (χ1n) is 7.59. The van der Waals surface area contributed by atoms with Crippen molar-refractivity contribution in [2.75, 3.05) is 0 Å². The number of hydrogen-bond acceptors (Lipinski definition) is 6. The molecule has 25 heavy (non-hydrogen) atoms. The summed E-state index contributed by atoms with van der Waals surface area (Å²) in [6.07, 6.45) is 3.22. The molecule has 4 rings (SSSR count). The molecule has 0 saturated heterocycles. The van der Waals surface area contributed by atoms with Crippen LogP contribution in [0.1, 0.15) is 15.9 Å². The molecule has 0 unspecified atom stereocenters. The highest BCUT2D eigenvalue weighted by atomic mass is 16.1. The zero-order valence-electron chi connectivity index (χ0n) is 13.3. The lowest BCUT2D eigenvalue weighted by Gasteiger charge is -2.06. The first-order valence-corrected chi connectivity index (χ1v) is 7.59. The van der Waals surface area contributed by atoms with Crippen LogP contribution in [-0.4, -0.2) is 41.3 Å². The minimum atomic E-state index is -0.194. The van der Waals surface area contributed by atoms with E-state index in [1.165, 1.54) is 0 Å². The molecule has 2 N–H and O–H groups in total. The molecule has 0 saturated carbocycles. The molecule has 0 aliphatic rings. The third-order valence-electron chi connectivity index (χ3n) is 3.85. The number of carbonyl (C=O) groups is 1. The Balaban J connectivity index is 1.49. The van der Waals surface area contributed by atoms with Crippen LogP contribution in [-0.2, 0) is 13.6 Å². The van der Waals surface area contributed by atoms with E-state index in [1.807, 2.05) is 31.3 Å². The van der Waals surface area contributed by atoms with Gasteiger partial charge < -0.3 is 5.32 Å². The van der Waals surface area contributed by atoms with Crippen LogP contribution in [0.2, 0.25) is 0 Å². The van der Waals surface area contributed by atoms with Crippen molar-refractivity contribution in [3.63, 3.8) is 0 Å². The summed E-state index contributed by atoms with van der Waals surface area (Å²) in [4.78, 5) is 16.6. The summed E-state index contributed by atoms with van der Waals surface area (Å²) in [6, 6.07) is 9.38. The van der Waals surface area contributed by atoms with E-state index in [-0.39, 0.29) is 5.91 Å². The summed E-state index contributed by atoms with van der Waals surface area (Å²) in [7, 11) is 1.81. The minimum Gasteiger partial charge on any atom is -0.348 e. The summed E-state index contributed by atoms with van der Waals surface area (Å²) >= 11 is 0. The molecular weight excluding hydrogens is 320 g/mol. The number of amides is 1. The van der Waals surface area contributed by atoms with Gasteiger partial charge in [0.25, 0.3) is 5.91 Å². The molecule has 1 aromatic carbocycles. The zero-order valence-corrected chi connectivity index (χ0v) is 13.3. The number of aryl methyl sites for hydroxylation is 1. The van der Waals surface area contributed by atoms with Gasteiger partial charge in [-0.25, -0.2) is 0 Å². The topological polar surface area (TPSA) is 114 Å². The first kappa shape index (κ1) is 14.9. The fourth-order valence-electron chi connectivity index (χ4n) is 2.54. The second-order valence-corrected chi connectivity index (χ2v) is 5.52. The number of hydrogen-bond donors (Lipinski definition) is 2. The molecule has 1 amide bonds. The molecule has 0 spiro atoms. The van der Waals surface area contributed by atoms with Crippen LogP contribution in [0.5, 0.6) is 0 Å². The van der Waals surface area contributed by atoms with E-state index < -0.39 is 0 Å². The molecule has 0 aliphatic carbocycles. The highest BCUT2D eigenvalue weighted by Gasteiger charge is 2.10. The van der Waals surface area contributed by atoms with Gasteiger partial charge in [-0.15, -0.1) is 10.2 Å². The Morgan fingerprint density at radius 2 is 2.20 bits per heavy atom. The van der Waals surface area contributed by atoms with Gasteiger partial charge in [0.2, 0.25) is 5.82 Å². The second kappa shape index (κ2) is 6.11. The van der Waals surface area contributed by atoms with Crippen LogP contribution in [0.4, 0.5) is 0 Å². The molecule has 9 heteroatoms. The van der Waals surface area contributed by atoms with Gasteiger partial charge in [-0.2, -0.15) is 10.3 Å². The number of nitrogens with one attached hydrogen (secondary N) is 2. The monoisotopic (exact) mass is 334 g/mol. The molecule has 3 heterocycles. The van der Waals surface area contributed by atoms with Crippen LogP contribution in [0.25, 0.3) is 22.4 Å². The van der Waals surface area contributed by atoms with Crippen molar-refractivity contribution in [2.24, 2.45) is 7.05 Å². The van der Waals surface area contributed by atoms with Crippen molar-refractivity contribution in [1.82, 2.24) is 40.7 Å². The zero-order chi connectivity index (χ0) is 17.2. The van der Waals surface area contributed by atoms with Crippen LogP contribution in [0.3, 0.4) is 0 Å². The largest absolute Gasteiger partial charge is 0.348 e. The molecule has 0 atom stereocenters. The number of nitrogens with zero attached hydrogens (tertiary/aromatic N) is 6. The molecule has 124 valence electrons.